The highest BCUT2D eigenvalue weighted by Gasteiger charge is 2.43. The second-order valence-corrected chi connectivity index (χ2v) is 6.50. The molecule has 0 aromatic heterocycles. The Hall–Kier alpha value is -0.0800. The van der Waals surface area contributed by atoms with Crippen LogP contribution in [0.2, 0.25) is 0 Å². The molecule has 1 aliphatic carbocycles. The third kappa shape index (κ3) is 3.08. The van der Waals surface area contributed by atoms with Gasteiger partial charge in [-0.05, 0) is 51.0 Å². The first-order valence-corrected chi connectivity index (χ1v) is 8.07. The molecule has 106 valence electrons. The number of likely N-dealkylation sites (N-methyl/N-ethyl adjacent to an activating group) is 1. The van der Waals surface area contributed by atoms with Crippen LogP contribution in [-0.4, -0.2) is 24.8 Å². The number of rotatable bonds is 5. The fourth-order valence-corrected chi connectivity index (χ4v) is 4.15. The van der Waals surface area contributed by atoms with Gasteiger partial charge in [0.15, 0.2) is 0 Å². The maximum absolute atomic E-state index is 6.11. The van der Waals surface area contributed by atoms with Crippen LogP contribution in [-0.2, 0) is 4.74 Å². The minimum absolute atomic E-state index is 0.0936. The predicted molar refractivity (Wildman–Crippen MR) is 76.8 cm³/mol. The van der Waals surface area contributed by atoms with Crippen LogP contribution in [0, 0.1) is 11.8 Å². The van der Waals surface area contributed by atoms with Crippen molar-refractivity contribution in [3.63, 3.8) is 0 Å². The summed E-state index contributed by atoms with van der Waals surface area (Å²) in [6.07, 6.45) is 9.50. The van der Waals surface area contributed by atoms with Crippen molar-refractivity contribution in [1.29, 1.82) is 0 Å². The molecule has 0 aromatic carbocycles. The molecule has 1 aliphatic heterocycles. The minimum atomic E-state index is 0.0936. The molecule has 2 fully saturated rings. The van der Waals surface area contributed by atoms with Crippen molar-refractivity contribution in [2.45, 2.75) is 77.4 Å². The summed E-state index contributed by atoms with van der Waals surface area (Å²) >= 11 is 0. The second-order valence-electron chi connectivity index (χ2n) is 6.50. The molecule has 1 saturated carbocycles. The number of nitrogens with one attached hydrogen (secondary N) is 1. The summed E-state index contributed by atoms with van der Waals surface area (Å²) in [7, 11) is 0. The van der Waals surface area contributed by atoms with Crippen molar-refractivity contribution in [2.24, 2.45) is 11.8 Å². The first-order valence-electron chi connectivity index (χ1n) is 8.07. The molecule has 0 amide bonds. The van der Waals surface area contributed by atoms with Crippen molar-refractivity contribution in [3.8, 4) is 0 Å². The van der Waals surface area contributed by atoms with Crippen molar-refractivity contribution >= 4 is 0 Å². The Kier molecular flexibility index (Phi) is 5.08. The van der Waals surface area contributed by atoms with Gasteiger partial charge in [-0.25, -0.2) is 0 Å². The number of hydrogen-bond acceptors (Lipinski definition) is 2. The lowest BCUT2D eigenvalue weighted by molar-refractivity contribution is -0.0366. The van der Waals surface area contributed by atoms with Crippen LogP contribution in [0.4, 0.5) is 0 Å². The van der Waals surface area contributed by atoms with E-state index in [9.17, 15) is 0 Å². The number of ether oxygens (including phenoxy) is 1. The summed E-state index contributed by atoms with van der Waals surface area (Å²) in [5, 5.41) is 3.75. The number of hydrogen-bond donors (Lipinski definition) is 1. The van der Waals surface area contributed by atoms with Gasteiger partial charge in [0.05, 0.1) is 5.60 Å². The maximum Gasteiger partial charge on any atom is 0.0810 e. The zero-order chi connectivity index (χ0) is 13.0. The van der Waals surface area contributed by atoms with E-state index in [0.717, 1.165) is 25.0 Å². The summed E-state index contributed by atoms with van der Waals surface area (Å²) in [6.45, 7) is 8.94. The Bertz CT molecular complexity index is 247. The fourth-order valence-electron chi connectivity index (χ4n) is 4.15. The van der Waals surface area contributed by atoms with E-state index in [1.165, 1.54) is 44.9 Å². The highest BCUT2D eigenvalue weighted by atomic mass is 16.5. The van der Waals surface area contributed by atoms with Gasteiger partial charge in [0.1, 0.15) is 0 Å². The van der Waals surface area contributed by atoms with Crippen LogP contribution in [0.25, 0.3) is 0 Å². The molecule has 1 N–H and O–H groups in total. The van der Waals surface area contributed by atoms with Crippen LogP contribution >= 0.6 is 0 Å². The van der Waals surface area contributed by atoms with Crippen LogP contribution in [0.5, 0.6) is 0 Å². The average Bonchev–Trinajstić information content (AvgIpc) is 2.84. The molecule has 2 heteroatoms. The monoisotopic (exact) mass is 253 g/mol. The molecular formula is C16H31NO. The SMILES string of the molecule is CCNC(C1CCCC(CC)C1)C1(C)CCCO1. The molecule has 2 nitrogen and oxygen atoms in total. The standard InChI is InChI=1S/C16H31NO/c1-4-13-8-6-9-14(12-13)15(17-5-2)16(3)10-7-11-18-16/h13-15,17H,4-12H2,1-3H3. The Balaban J connectivity index is 2.04. The van der Waals surface area contributed by atoms with E-state index in [1.54, 1.807) is 0 Å². The summed E-state index contributed by atoms with van der Waals surface area (Å²) in [6, 6.07) is 0.569. The van der Waals surface area contributed by atoms with Crippen LogP contribution in [0.1, 0.15) is 65.7 Å². The third-order valence-corrected chi connectivity index (χ3v) is 5.20. The molecule has 0 bridgehead atoms. The van der Waals surface area contributed by atoms with Gasteiger partial charge < -0.3 is 10.1 Å². The molecule has 2 rings (SSSR count). The highest BCUT2D eigenvalue weighted by molar-refractivity contribution is 4.97. The Morgan fingerprint density at radius 3 is 2.72 bits per heavy atom. The van der Waals surface area contributed by atoms with Crippen molar-refractivity contribution in [3.05, 3.63) is 0 Å². The van der Waals surface area contributed by atoms with Gasteiger partial charge in [-0.1, -0.05) is 33.1 Å². The largest absolute Gasteiger partial charge is 0.374 e. The molecule has 4 unspecified atom stereocenters. The smallest absolute Gasteiger partial charge is 0.0810 e. The van der Waals surface area contributed by atoms with Crippen molar-refractivity contribution in [2.75, 3.05) is 13.2 Å². The van der Waals surface area contributed by atoms with Gasteiger partial charge in [0, 0.05) is 12.6 Å². The van der Waals surface area contributed by atoms with E-state index in [0.29, 0.717) is 6.04 Å². The van der Waals surface area contributed by atoms with Crippen LogP contribution in [0.15, 0.2) is 0 Å². The zero-order valence-electron chi connectivity index (χ0n) is 12.5. The predicted octanol–water partition coefficient (Wildman–Crippen LogP) is 3.75. The van der Waals surface area contributed by atoms with Gasteiger partial charge in [0.25, 0.3) is 0 Å². The van der Waals surface area contributed by atoms with E-state index in [4.69, 9.17) is 4.74 Å². The van der Waals surface area contributed by atoms with Gasteiger partial charge in [0.2, 0.25) is 0 Å². The molecule has 1 heterocycles. The Morgan fingerprint density at radius 1 is 1.28 bits per heavy atom. The Labute approximate surface area is 113 Å². The first kappa shape index (κ1) is 14.3. The van der Waals surface area contributed by atoms with Gasteiger partial charge in [-0.2, -0.15) is 0 Å². The second kappa shape index (κ2) is 6.38. The summed E-state index contributed by atoms with van der Waals surface area (Å²) in [4.78, 5) is 0. The molecule has 4 atom stereocenters. The first-order chi connectivity index (χ1) is 8.69. The van der Waals surface area contributed by atoms with Gasteiger partial charge in [-0.15, -0.1) is 0 Å². The highest BCUT2D eigenvalue weighted by Crippen LogP contribution is 2.40. The molecule has 0 aromatic rings. The fraction of sp³-hybridized carbons (Fsp3) is 1.00. The van der Waals surface area contributed by atoms with Gasteiger partial charge in [-0.3, -0.25) is 0 Å². The maximum atomic E-state index is 6.11. The van der Waals surface area contributed by atoms with E-state index in [2.05, 4.69) is 26.1 Å². The lowest BCUT2D eigenvalue weighted by atomic mass is 9.72. The third-order valence-electron chi connectivity index (χ3n) is 5.20. The summed E-state index contributed by atoms with van der Waals surface area (Å²) in [5.74, 6) is 1.78. The molecule has 2 aliphatic rings. The van der Waals surface area contributed by atoms with E-state index in [1.807, 2.05) is 0 Å². The van der Waals surface area contributed by atoms with Crippen molar-refractivity contribution in [1.82, 2.24) is 5.32 Å². The quantitative estimate of drug-likeness (QED) is 0.805. The van der Waals surface area contributed by atoms with Crippen LogP contribution in [0.3, 0.4) is 0 Å². The zero-order valence-corrected chi connectivity index (χ0v) is 12.5. The topological polar surface area (TPSA) is 21.3 Å². The molecular weight excluding hydrogens is 222 g/mol. The van der Waals surface area contributed by atoms with E-state index < -0.39 is 0 Å². The molecule has 0 radical (unpaired) electrons. The summed E-state index contributed by atoms with van der Waals surface area (Å²) < 4.78 is 6.11. The molecule has 18 heavy (non-hydrogen) atoms. The molecule has 1 saturated heterocycles. The van der Waals surface area contributed by atoms with Crippen molar-refractivity contribution < 1.29 is 4.74 Å². The lowest BCUT2D eigenvalue weighted by Gasteiger charge is -2.42. The van der Waals surface area contributed by atoms with Crippen LogP contribution < -0.4 is 5.32 Å². The Morgan fingerprint density at radius 2 is 2.11 bits per heavy atom. The minimum Gasteiger partial charge on any atom is -0.374 e. The lowest BCUT2D eigenvalue weighted by Crippen LogP contribution is -2.53. The normalized spacial score (nSPS) is 38.8. The van der Waals surface area contributed by atoms with E-state index in [-0.39, 0.29) is 5.60 Å². The molecule has 0 spiro atoms. The van der Waals surface area contributed by atoms with E-state index >= 15 is 0 Å². The van der Waals surface area contributed by atoms with Gasteiger partial charge >= 0.3 is 0 Å². The summed E-state index contributed by atoms with van der Waals surface area (Å²) in [5.41, 5.74) is 0.0936. The average molecular weight is 253 g/mol.